The van der Waals surface area contributed by atoms with Gasteiger partial charge in [0, 0.05) is 29.4 Å². The number of aryl methyl sites for hydroxylation is 1. The van der Waals surface area contributed by atoms with E-state index in [1.807, 2.05) is 38.1 Å². The normalized spacial score (nSPS) is 12.3. The predicted octanol–water partition coefficient (Wildman–Crippen LogP) is 3.48. The molecule has 0 aliphatic rings. The molecular weight excluding hydrogens is 344 g/mol. The van der Waals surface area contributed by atoms with E-state index < -0.39 is 0 Å². The number of nitrogens with two attached hydrogens (primary N) is 1. The van der Waals surface area contributed by atoms with Crippen LogP contribution in [0.1, 0.15) is 24.3 Å². The summed E-state index contributed by atoms with van der Waals surface area (Å²) in [5.41, 5.74) is 7.73. The van der Waals surface area contributed by atoms with Crippen molar-refractivity contribution in [3.05, 3.63) is 54.0 Å². The summed E-state index contributed by atoms with van der Waals surface area (Å²) in [6, 6.07) is 9.26. The van der Waals surface area contributed by atoms with Crippen molar-refractivity contribution in [1.29, 1.82) is 0 Å². The minimum atomic E-state index is -0.122. The number of rotatable bonds is 5. The van der Waals surface area contributed by atoms with Crippen LogP contribution in [0.3, 0.4) is 0 Å². The first-order chi connectivity index (χ1) is 13.0. The smallest absolute Gasteiger partial charge is 0.224 e. The predicted molar refractivity (Wildman–Crippen MR) is 103 cm³/mol. The summed E-state index contributed by atoms with van der Waals surface area (Å²) in [6.45, 7) is 4.04. The minimum absolute atomic E-state index is 0.122. The number of anilines is 2. The van der Waals surface area contributed by atoms with E-state index >= 15 is 0 Å². The van der Waals surface area contributed by atoms with Crippen molar-refractivity contribution in [3.8, 4) is 11.6 Å². The molecule has 0 saturated carbocycles. The maximum atomic E-state index is 6.05. The van der Waals surface area contributed by atoms with Crippen molar-refractivity contribution in [2.24, 2.45) is 0 Å². The number of ether oxygens (including phenoxy) is 1. The van der Waals surface area contributed by atoms with E-state index in [9.17, 15) is 0 Å². The number of hydrogen-bond donors (Lipinski definition) is 2. The molecular formula is C19H20N6O2. The van der Waals surface area contributed by atoms with Gasteiger partial charge in [0.05, 0.1) is 13.2 Å². The average molecular weight is 364 g/mol. The van der Waals surface area contributed by atoms with Crippen LogP contribution in [0.2, 0.25) is 0 Å². The second kappa shape index (κ2) is 6.64. The third-order valence-corrected chi connectivity index (χ3v) is 4.41. The highest BCUT2D eigenvalue weighted by Gasteiger charge is 2.18. The number of nitrogens with one attached hydrogen (secondary N) is 1. The van der Waals surface area contributed by atoms with E-state index in [0.717, 1.165) is 28.0 Å². The van der Waals surface area contributed by atoms with E-state index in [4.69, 9.17) is 14.9 Å². The van der Waals surface area contributed by atoms with Crippen LogP contribution in [-0.2, 0) is 0 Å². The van der Waals surface area contributed by atoms with Crippen molar-refractivity contribution in [3.63, 3.8) is 0 Å². The van der Waals surface area contributed by atoms with Crippen LogP contribution in [0.5, 0.6) is 5.75 Å². The van der Waals surface area contributed by atoms with Gasteiger partial charge in [-0.05, 0) is 38.1 Å². The van der Waals surface area contributed by atoms with Crippen molar-refractivity contribution < 1.29 is 9.15 Å². The van der Waals surface area contributed by atoms with Crippen LogP contribution in [0.15, 0.2) is 47.1 Å². The largest absolute Gasteiger partial charge is 0.497 e. The molecule has 1 atom stereocenters. The van der Waals surface area contributed by atoms with Gasteiger partial charge in [0.2, 0.25) is 5.95 Å². The summed E-state index contributed by atoms with van der Waals surface area (Å²) in [6.07, 6.45) is 3.48. The van der Waals surface area contributed by atoms with Crippen LogP contribution in [-0.4, -0.2) is 26.9 Å². The molecule has 1 aromatic carbocycles. The third kappa shape index (κ3) is 3.17. The lowest BCUT2D eigenvalue weighted by Crippen LogP contribution is -2.11. The fourth-order valence-corrected chi connectivity index (χ4v) is 3.09. The number of methoxy groups -OCH3 is 1. The molecule has 8 heteroatoms. The lowest BCUT2D eigenvalue weighted by molar-refractivity contribution is 0.415. The van der Waals surface area contributed by atoms with Crippen LogP contribution in [0.4, 0.5) is 11.8 Å². The first-order valence-electron chi connectivity index (χ1n) is 8.53. The molecule has 27 heavy (non-hydrogen) atoms. The Balaban J connectivity index is 1.65. The molecule has 0 aliphatic heterocycles. The second-order valence-corrected chi connectivity index (χ2v) is 6.24. The molecule has 1 unspecified atom stereocenters. The molecule has 138 valence electrons. The Morgan fingerprint density at radius 2 is 2.11 bits per heavy atom. The van der Waals surface area contributed by atoms with Gasteiger partial charge in [-0.3, -0.25) is 0 Å². The van der Waals surface area contributed by atoms with E-state index in [2.05, 4.69) is 20.4 Å². The number of nitrogens with zero attached hydrogens (tertiary/aromatic N) is 4. The monoisotopic (exact) mass is 364 g/mol. The standard InChI is InChI=1S/C19H20N6O2/c1-11-14-9-13(26-3)5-6-15(14)27-18(11)12(2)22-16-10-17(24-19(20)23-16)25-8-4-7-21-25/h4-10,12H,1-3H3,(H3,20,22,23,24). The summed E-state index contributed by atoms with van der Waals surface area (Å²) in [4.78, 5) is 8.49. The zero-order valence-corrected chi connectivity index (χ0v) is 15.3. The summed E-state index contributed by atoms with van der Waals surface area (Å²) in [5, 5.41) is 8.54. The third-order valence-electron chi connectivity index (χ3n) is 4.41. The zero-order chi connectivity index (χ0) is 19.0. The Morgan fingerprint density at radius 1 is 1.26 bits per heavy atom. The number of benzene rings is 1. The molecule has 0 bridgehead atoms. The van der Waals surface area contributed by atoms with E-state index in [1.165, 1.54) is 0 Å². The van der Waals surface area contributed by atoms with Crippen molar-refractivity contribution in [2.75, 3.05) is 18.2 Å². The number of fused-ring (bicyclic) bond motifs is 1. The topological polar surface area (TPSA) is 104 Å². The second-order valence-electron chi connectivity index (χ2n) is 6.24. The Bertz CT molecular complexity index is 1090. The molecule has 0 fully saturated rings. The summed E-state index contributed by atoms with van der Waals surface area (Å²) in [5.74, 6) is 2.98. The number of aromatic nitrogens is 4. The average Bonchev–Trinajstić information content (AvgIpc) is 3.29. The van der Waals surface area contributed by atoms with Crippen LogP contribution < -0.4 is 15.8 Å². The molecule has 4 rings (SSSR count). The van der Waals surface area contributed by atoms with E-state index in [0.29, 0.717) is 11.6 Å². The molecule has 0 aliphatic carbocycles. The summed E-state index contributed by atoms with van der Waals surface area (Å²) >= 11 is 0. The van der Waals surface area contributed by atoms with Crippen LogP contribution >= 0.6 is 0 Å². The quantitative estimate of drug-likeness (QED) is 0.558. The number of hydrogen-bond acceptors (Lipinski definition) is 7. The molecule has 3 aromatic heterocycles. The molecule has 0 saturated heterocycles. The maximum Gasteiger partial charge on any atom is 0.224 e. The van der Waals surface area contributed by atoms with Gasteiger partial charge in [0.1, 0.15) is 22.9 Å². The first kappa shape index (κ1) is 16.9. The van der Waals surface area contributed by atoms with Gasteiger partial charge in [0.25, 0.3) is 0 Å². The lowest BCUT2D eigenvalue weighted by atomic mass is 10.1. The molecule has 4 aromatic rings. The Labute approximate surface area is 156 Å². The highest BCUT2D eigenvalue weighted by Crippen LogP contribution is 2.33. The molecule has 0 radical (unpaired) electrons. The lowest BCUT2D eigenvalue weighted by Gasteiger charge is -2.14. The molecule has 3 heterocycles. The van der Waals surface area contributed by atoms with Crippen molar-refractivity contribution in [2.45, 2.75) is 19.9 Å². The van der Waals surface area contributed by atoms with Crippen molar-refractivity contribution in [1.82, 2.24) is 19.7 Å². The highest BCUT2D eigenvalue weighted by atomic mass is 16.5. The van der Waals surface area contributed by atoms with Crippen LogP contribution in [0.25, 0.3) is 16.8 Å². The number of nitrogen functional groups attached to an aromatic ring is 1. The maximum absolute atomic E-state index is 6.05. The molecule has 8 nitrogen and oxygen atoms in total. The van der Waals surface area contributed by atoms with Gasteiger partial charge in [0.15, 0.2) is 5.82 Å². The minimum Gasteiger partial charge on any atom is -0.497 e. The van der Waals surface area contributed by atoms with E-state index in [-0.39, 0.29) is 12.0 Å². The number of furan rings is 1. The zero-order valence-electron chi connectivity index (χ0n) is 15.3. The van der Waals surface area contributed by atoms with Crippen LogP contribution in [0, 0.1) is 6.92 Å². The molecule has 0 amide bonds. The van der Waals surface area contributed by atoms with Gasteiger partial charge in [-0.1, -0.05) is 0 Å². The van der Waals surface area contributed by atoms with Gasteiger partial charge in [-0.25, -0.2) is 4.68 Å². The molecule has 3 N–H and O–H groups in total. The van der Waals surface area contributed by atoms with Gasteiger partial charge in [-0.2, -0.15) is 15.1 Å². The summed E-state index contributed by atoms with van der Waals surface area (Å²) < 4.78 is 13.0. The van der Waals surface area contributed by atoms with Gasteiger partial charge >= 0.3 is 0 Å². The molecule has 0 spiro atoms. The highest BCUT2D eigenvalue weighted by molar-refractivity contribution is 5.83. The SMILES string of the molecule is COc1ccc2oc(C(C)Nc3cc(-n4cccn4)nc(N)n3)c(C)c2c1. The van der Waals surface area contributed by atoms with Gasteiger partial charge < -0.3 is 20.2 Å². The Kier molecular flexibility index (Phi) is 4.15. The Morgan fingerprint density at radius 3 is 2.85 bits per heavy atom. The van der Waals surface area contributed by atoms with Gasteiger partial charge in [-0.15, -0.1) is 0 Å². The van der Waals surface area contributed by atoms with Crippen molar-refractivity contribution >= 4 is 22.7 Å². The fourth-order valence-electron chi connectivity index (χ4n) is 3.09. The summed E-state index contributed by atoms with van der Waals surface area (Å²) in [7, 11) is 1.65. The Hall–Kier alpha value is -3.55. The van der Waals surface area contributed by atoms with E-state index in [1.54, 1.807) is 30.3 Å². The first-order valence-corrected chi connectivity index (χ1v) is 8.53. The fraction of sp³-hybridized carbons (Fsp3) is 0.211.